The van der Waals surface area contributed by atoms with Gasteiger partial charge in [-0.2, -0.15) is 22.0 Å². The average Bonchev–Trinajstić information content (AvgIpc) is 2.16. The van der Waals surface area contributed by atoms with Gasteiger partial charge in [-0.05, 0) is 18.1 Å². The summed E-state index contributed by atoms with van der Waals surface area (Å²) >= 11 is 0. The highest BCUT2D eigenvalue weighted by Crippen LogP contribution is 2.38. The van der Waals surface area contributed by atoms with Gasteiger partial charge < -0.3 is 4.74 Å². The Morgan fingerprint density at radius 3 is 2.12 bits per heavy atom. The normalized spacial score (nSPS) is 12.6. The molecule has 0 aromatic heterocycles. The maximum absolute atomic E-state index is 12.6. The van der Waals surface area contributed by atoms with Crippen LogP contribution in [0.5, 0.6) is 5.75 Å². The minimum absolute atomic E-state index is 0.173. The molecule has 0 aliphatic heterocycles. The molecule has 1 nitrogen and oxygen atoms in total. The lowest BCUT2D eigenvalue weighted by molar-refractivity contribution is -0.360. The Morgan fingerprint density at radius 1 is 1.06 bits per heavy atom. The van der Waals surface area contributed by atoms with E-state index in [4.69, 9.17) is 0 Å². The second-order valence-electron chi connectivity index (χ2n) is 2.94. The average molecular weight is 239 g/mol. The van der Waals surface area contributed by atoms with Crippen molar-refractivity contribution >= 4 is 0 Å². The lowest BCUT2D eigenvalue weighted by Gasteiger charge is -2.21. The van der Waals surface area contributed by atoms with E-state index in [9.17, 15) is 22.0 Å². The topological polar surface area (TPSA) is 9.23 Å². The van der Waals surface area contributed by atoms with Crippen molar-refractivity contribution in [1.29, 1.82) is 0 Å². The van der Waals surface area contributed by atoms with Crippen LogP contribution in [-0.2, 0) is 0 Å². The first-order chi connectivity index (χ1) is 7.28. The fraction of sp³-hybridized carbons (Fsp3) is 0.300. The Kier molecular flexibility index (Phi) is 3.40. The van der Waals surface area contributed by atoms with Crippen LogP contribution in [0.3, 0.4) is 0 Å². The third-order valence-corrected chi connectivity index (χ3v) is 1.80. The van der Waals surface area contributed by atoms with Gasteiger partial charge in [0, 0.05) is 0 Å². The second kappa shape index (κ2) is 4.27. The lowest BCUT2D eigenvalue weighted by Crippen LogP contribution is -2.42. The fourth-order valence-corrected chi connectivity index (χ4v) is 1.01. The first kappa shape index (κ1) is 12.7. The van der Waals surface area contributed by atoms with Crippen LogP contribution >= 0.6 is 0 Å². The molecular weight excluding hydrogens is 231 g/mol. The quantitative estimate of drug-likeness (QED) is 0.729. The Hall–Kier alpha value is -1.33. The van der Waals surface area contributed by atoms with Crippen molar-refractivity contribution in [2.75, 3.05) is 0 Å². The van der Waals surface area contributed by atoms with Gasteiger partial charge in [-0.15, -0.1) is 0 Å². The van der Waals surface area contributed by atoms with Crippen LogP contribution < -0.4 is 4.74 Å². The molecule has 0 atom stereocenters. The van der Waals surface area contributed by atoms with Crippen molar-refractivity contribution in [2.45, 2.75) is 19.2 Å². The summed E-state index contributed by atoms with van der Waals surface area (Å²) < 4.78 is 64.5. The molecule has 0 unspecified atom stereocenters. The highest BCUT2D eigenvalue weighted by Gasteiger charge is 2.61. The molecule has 0 aliphatic rings. The Morgan fingerprint density at radius 2 is 1.62 bits per heavy atom. The van der Waals surface area contributed by atoms with Gasteiger partial charge in [0.15, 0.2) is 0 Å². The second-order valence-corrected chi connectivity index (χ2v) is 2.94. The molecule has 0 aliphatic carbocycles. The van der Waals surface area contributed by atoms with Crippen LogP contribution in [0, 0.1) is 6.42 Å². The number of rotatable bonds is 3. The van der Waals surface area contributed by atoms with Crippen LogP contribution in [0.4, 0.5) is 22.0 Å². The van der Waals surface area contributed by atoms with Crippen LogP contribution in [0.25, 0.3) is 0 Å². The summed E-state index contributed by atoms with van der Waals surface area (Å²) in [7, 11) is 0. The molecule has 0 fully saturated rings. The molecule has 0 bridgehead atoms. The largest absolute Gasteiger partial charge is 0.499 e. The number of halogens is 5. The Labute approximate surface area is 88.8 Å². The molecule has 0 spiro atoms. The van der Waals surface area contributed by atoms with E-state index < -0.39 is 18.0 Å². The molecule has 0 heterocycles. The molecule has 1 rings (SSSR count). The molecule has 0 saturated carbocycles. The number of hydrogen-bond acceptors (Lipinski definition) is 1. The van der Waals surface area contributed by atoms with E-state index in [2.05, 4.69) is 4.74 Å². The van der Waals surface area contributed by atoms with Crippen LogP contribution in [0.2, 0.25) is 0 Å². The van der Waals surface area contributed by atoms with E-state index in [-0.39, 0.29) is 5.56 Å². The summed E-state index contributed by atoms with van der Waals surface area (Å²) in [6, 6.07) is 5.25. The summed E-state index contributed by atoms with van der Waals surface area (Å²) in [5.74, 6) is -0.507. The predicted octanol–water partition coefficient (Wildman–Crippen LogP) is 3.79. The third kappa shape index (κ3) is 2.62. The van der Waals surface area contributed by atoms with Gasteiger partial charge in [-0.1, -0.05) is 25.1 Å². The highest BCUT2D eigenvalue weighted by atomic mass is 19.4. The van der Waals surface area contributed by atoms with E-state index in [1.165, 1.54) is 31.5 Å². The van der Waals surface area contributed by atoms with Gasteiger partial charge in [0.05, 0.1) is 0 Å². The summed E-state index contributed by atoms with van der Waals surface area (Å²) in [5, 5.41) is 0. The smallest absolute Gasteiger partial charge is 0.425 e. The monoisotopic (exact) mass is 239 g/mol. The molecule has 89 valence electrons. The zero-order valence-corrected chi connectivity index (χ0v) is 8.18. The van der Waals surface area contributed by atoms with Crippen molar-refractivity contribution in [2.24, 2.45) is 0 Å². The summed E-state index contributed by atoms with van der Waals surface area (Å²) in [4.78, 5) is 0. The van der Waals surface area contributed by atoms with Crippen molar-refractivity contribution in [3.8, 4) is 5.75 Å². The van der Waals surface area contributed by atoms with E-state index in [1.807, 2.05) is 0 Å². The number of alkyl halides is 5. The molecule has 0 amide bonds. The van der Waals surface area contributed by atoms with Crippen molar-refractivity contribution in [1.82, 2.24) is 0 Å². The van der Waals surface area contributed by atoms with Crippen molar-refractivity contribution in [3.63, 3.8) is 0 Å². The van der Waals surface area contributed by atoms with Crippen LogP contribution in [0.15, 0.2) is 24.3 Å². The SMILES string of the molecule is C[CH]c1ccccc1OC(F)(F)C(F)(F)F. The van der Waals surface area contributed by atoms with E-state index in [1.54, 1.807) is 0 Å². The van der Waals surface area contributed by atoms with Crippen LogP contribution in [-0.4, -0.2) is 12.3 Å². The van der Waals surface area contributed by atoms with Crippen LogP contribution in [0.1, 0.15) is 12.5 Å². The summed E-state index contributed by atoms with van der Waals surface area (Å²) in [5.41, 5.74) is 0.173. The lowest BCUT2D eigenvalue weighted by atomic mass is 10.1. The van der Waals surface area contributed by atoms with Gasteiger partial charge in [-0.3, -0.25) is 0 Å². The molecular formula is C10H8F5O. The zero-order chi connectivity index (χ0) is 12.4. The minimum Gasteiger partial charge on any atom is -0.425 e. The number of hydrogen-bond donors (Lipinski definition) is 0. The van der Waals surface area contributed by atoms with Gasteiger partial charge in [0.2, 0.25) is 0 Å². The zero-order valence-electron chi connectivity index (χ0n) is 8.18. The van der Waals surface area contributed by atoms with Crippen molar-refractivity contribution in [3.05, 3.63) is 36.2 Å². The van der Waals surface area contributed by atoms with Gasteiger partial charge in [-0.25, -0.2) is 0 Å². The van der Waals surface area contributed by atoms with Gasteiger partial charge >= 0.3 is 12.3 Å². The first-order valence-electron chi connectivity index (χ1n) is 4.30. The molecule has 0 N–H and O–H groups in total. The molecule has 1 radical (unpaired) electrons. The summed E-state index contributed by atoms with van der Waals surface area (Å²) in [6.07, 6.45) is -9.54. The number of para-hydroxylation sites is 1. The first-order valence-corrected chi connectivity index (χ1v) is 4.30. The van der Waals surface area contributed by atoms with E-state index >= 15 is 0 Å². The summed E-state index contributed by atoms with van der Waals surface area (Å²) in [6.45, 7) is 1.51. The Balaban J connectivity index is 2.96. The minimum atomic E-state index is -5.73. The molecule has 0 saturated heterocycles. The third-order valence-electron chi connectivity index (χ3n) is 1.80. The maximum Gasteiger partial charge on any atom is 0.499 e. The molecule has 1 aromatic rings. The standard InChI is InChI=1S/C10H8F5O/c1-2-7-5-3-4-6-8(7)16-10(14,15)9(11,12)13/h2-6H,1H3. The van der Waals surface area contributed by atoms with Gasteiger partial charge in [0.25, 0.3) is 0 Å². The number of ether oxygens (including phenoxy) is 1. The molecule has 16 heavy (non-hydrogen) atoms. The predicted molar refractivity (Wildman–Crippen MR) is 47.1 cm³/mol. The molecule has 6 heteroatoms. The van der Waals surface area contributed by atoms with Gasteiger partial charge in [0.1, 0.15) is 5.75 Å². The van der Waals surface area contributed by atoms with Crippen molar-refractivity contribution < 1.29 is 26.7 Å². The van der Waals surface area contributed by atoms with E-state index in [0.717, 1.165) is 6.07 Å². The maximum atomic E-state index is 12.6. The van der Waals surface area contributed by atoms with E-state index in [0.29, 0.717) is 0 Å². The Bertz CT molecular complexity index is 358. The fourth-order valence-electron chi connectivity index (χ4n) is 1.01. The highest BCUT2D eigenvalue weighted by molar-refractivity contribution is 5.38. The number of benzene rings is 1. The molecule has 1 aromatic carbocycles.